The number of carboxylic acids is 1. The summed E-state index contributed by atoms with van der Waals surface area (Å²) in [6, 6.07) is 14.8. The Bertz CT molecular complexity index is 1190. The van der Waals surface area contributed by atoms with Gasteiger partial charge in [-0.2, -0.15) is 0 Å². The van der Waals surface area contributed by atoms with Crippen LogP contribution in [0.15, 0.2) is 53.5 Å². The van der Waals surface area contributed by atoms with Gasteiger partial charge in [0.05, 0.1) is 5.69 Å². The lowest BCUT2D eigenvalue weighted by molar-refractivity contribution is -0.141. The maximum absolute atomic E-state index is 14.4. The summed E-state index contributed by atoms with van der Waals surface area (Å²) in [6.45, 7) is 1.12. The van der Waals surface area contributed by atoms with E-state index in [1.54, 1.807) is 0 Å². The average molecular weight is 547 g/mol. The number of guanidine groups is 1. The maximum atomic E-state index is 14.4. The van der Waals surface area contributed by atoms with Crippen LogP contribution < -0.4 is 10.5 Å². The summed E-state index contributed by atoms with van der Waals surface area (Å²) in [5.41, 5.74) is 8.13. The van der Waals surface area contributed by atoms with Gasteiger partial charge in [-0.15, -0.1) is 0 Å². The van der Waals surface area contributed by atoms with Crippen molar-refractivity contribution in [3.05, 3.63) is 54.1 Å². The number of nitrogens with two attached hydrogens (primary N) is 1. The molecule has 2 aromatic rings. The molecule has 1 heterocycles. The molecule has 8 heteroatoms. The Morgan fingerprint density at radius 2 is 1.68 bits per heavy atom. The van der Waals surface area contributed by atoms with Gasteiger partial charge in [0.25, 0.3) is 0 Å². The number of nitrogens with zero attached hydrogens (tertiary/aromatic N) is 3. The van der Waals surface area contributed by atoms with Crippen LogP contribution in [-0.4, -0.2) is 51.4 Å². The van der Waals surface area contributed by atoms with Crippen molar-refractivity contribution in [2.45, 2.75) is 95.7 Å². The van der Waals surface area contributed by atoms with E-state index in [1.165, 1.54) is 25.7 Å². The van der Waals surface area contributed by atoms with Gasteiger partial charge in [0.2, 0.25) is 5.91 Å². The molecule has 5 rings (SSSR count). The number of carbonyl (C=O) groups is 2. The normalized spacial score (nSPS) is 18.9. The van der Waals surface area contributed by atoms with Gasteiger partial charge in [0.15, 0.2) is 5.96 Å². The number of ether oxygens (including phenoxy) is 1. The number of hydrogen-bond acceptors (Lipinski definition) is 6. The number of rotatable bonds is 10. The monoisotopic (exact) mass is 546 g/mol. The molecule has 0 aromatic heterocycles. The highest BCUT2D eigenvalue weighted by molar-refractivity contribution is 5.91. The third kappa shape index (κ3) is 6.95. The topological polar surface area (TPSA) is 108 Å². The molecule has 2 fully saturated rings. The average Bonchev–Trinajstić information content (AvgIpc) is 2.97. The van der Waals surface area contributed by atoms with E-state index >= 15 is 0 Å². The number of fused-ring (bicyclic) bond motifs is 1. The highest BCUT2D eigenvalue weighted by atomic mass is 16.5. The van der Waals surface area contributed by atoms with Gasteiger partial charge >= 0.3 is 5.97 Å². The molecule has 1 aliphatic heterocycles. The van der Waals surface area contributed by atoms with Gasteiger partial charge in [-0.1, -0.05) is 56.7 Å². The van der Waals surface area contributed by atoms with E-state index < -0.39 is 12.0 Å². The summed E-state index contributed by atoms with van der Waals surface area (Å²) in [6.07, 6.45) is 11.6. The number of carboxylic acid groups (broad SMARTS) is 1. The molecule has 1 unspecified atom stereocenters. The summed E-state index contributed by atoms with van der Waals surface area (Å²) in [4.78, 5) is 34.7. The van der Waals surface area contributed by atoms with Crippen LogP contribution in [-0.2, 0) is 16.1 Å². The first-order valence-electron chi connectivity index (χ1n) is 15.0. The largest absolute Gasteiger partial charge is 0.481 e. The van der Waals surface area contributed by atoms with Crippen molar-refractivity contribution in [2.75, 3.05) is 6.54 Å². The van der Waals surface area contributed by atoms with Crippen LogP contribution in [0.4, 0.5) is 5.69 Å². The van der Waals surface area contributed by atoms with Crippen LogP contribution in [0.5, 0.6) is 11.5 Å². The Labute approximate surface area is 237 Å². The first kappa shape index (κ1) is 28.0. The fourth-order valence-electron chi connectivity index (χ4n) is 6.53. The predicted molar refractivity (Wildman–Crippen MR) is 156 cm³/mol. The molecule has 8 nitrogen and oxygen atoms in total. The van der Waals surface area contributed by atoms with Crippen molar-refractivity contribution in [3.8, 4) is 11.5 Å². The van der Waals surface area contributed by atoms with Gasteiger partial charge in [-0.05, 0) is 68.4 Å². The lowest BCUT2D eigenvalue weighted by atomic mass is 9.87. The second kappa shape index (κ2) is 13.2. The number of para-hydroxylation sites is 1. The molecule has 3 aliphatic rings. The molecule has 2 aromatic carbocycles. The van der Waals surface area contributed by atoms with Crippen LogP contribution in [0.25, 0.3) is 0 Å². The van der Waals surface area contributed by atoms with E-state index in [4.69, 9.17) is 10.5 Å². The Morgan fingerprint density at radius 1 is 0.975 bits per heavy atom. The first-order valence-corrected chi connectivity index (χ1v) is 15.0. The Balaban J connectivity index is 1.41. The first-order chi connectivity index (χ1) is 19.5. The van der Waals surface area contributed by atoms with E-state index in [9.17, 15) is 14.7 Å². The van der Waals surface area contributed by atoms with Crippen molar-refractivity contribution < 1.29 is 19.4 Å². The molecular formula is C32H42N4O4. The second-order valence-corrected chi connectivity index (χ2v) is 11.5. The summed E-state index contributed by atoms with van der Waals surface area (Å²) < 4.78 is 6.04. The Hall–Kier alpha value is -3.55. The van der Waals surface area contributed by atoms with Gasteiger partial charge in [0.1, 0.15) is 17.5 Å². The fourth-order valence-corrected chi connectivity index (χ4v) is 6.53. The zero-order valence-electron chi connectivity index (χ0n) is 23.3. The minimum Gasteiger partial charge on any atom is -0.481 e. The van der Waals surface area contributed by atoms with Gasteiger partial charge in [-0.3, -0.25) is 9.59 Å². The molecule has 1 atom stereocenters. The van der Waals surface area contributed by atoms with Gasteiger partial charge in [-0.25, -0.2) is 4.99 Å². The van der Waals surface area contributed by atoms with Crippen molar-refractivity contribution >= 4 is 23.5 Å². The molecule has 0 spiro atoms. The SMILES string of the molecule is NC1=Nc2ccc(Oc3ccccc3)cc2CN1C(CCC(=O)O)C(=O)N(CC1CCCCC1)C1CCCCC1. The van der Waals surface area contributed by atoms with Gasteiger partial charge < -0.3 is 25.4 Å². The zero-order valence-corrected chi connectivity index (χ0v) is 23.3. The van der Waals surface area contributed by atoms with Crippen molar-refractivity contribution in [1.82, 2.24) is 9.80 Å². The molecule has 40 heavy (non-hydrogen) atoms. The molecule has 1 amide bonds. The number of aliphatic carboxylic acids is 1. The van der Waals surface area contributed by atoms with E-state index in [2.05, 4.69) is 9.89 Å². The quantitative estimate of drug-likeness (QED) is 0.366. The number of hydrogen-bond donors (Lipinski definition) is 2. The number of aliphatic imine (C=N–C) groups is 1. The lowest BCUT2D eigenvalue weighted by Crippen LogP contribution is -2.56. The van der Waals surface area contributed by atoms with Crippen LogP contribution >= 0.6 is 0 Å². The fraction of sp³-hybridized carbons (Fsp3) is 0.531. The third-order valence-electron chi connectivity index (χ3n) is 8.67. The number of amides is 1. The minimum absolute atomic E-state index is 0.00277. The summed E-state index contributed by atoms with van der Waals surface area (Å²) >= 11 is 0. The van der Waals surface area contributed by atoms with E-state index in [0.717, 1.165) is 62.1 Å². The van der Waals surface area contributed by atoms with E-state index in [0.29, 0.717) is 18.2 Å². The Kier molecular flexibility index (Phi) is 9.24. The van der Waals surface area contributed by atoms with Crippen molar-refractivity contribution in [2.24, 2.45) is 16.6 Å². The summed E-state index contributed by atoms with van der Waals surface area (Å²) in [7, 11) is 0. The lowest BCUT2D eigenvalue weighted by Gasteiger charge is -2.42. The molecule has 0 saturated heterocycles. The molecule has 214 valence electrons. The molecule has 0 radical (unpaired) electrons. The van der Waals surface area contributed by atoms with Crippen molar-refractivity contribution in [3.63, 3.8) is 0 Å². The van der Waals surface area contributed by atoms with E-state index in [1.807, 2.05) is 53.4 Å². The number of benzene rings is 2. The van der Waals surface area contributed by atoms with Crippen LogP contribution in [0.3, 0.4) is 0 Å². The van der Waals surface area contributed by atoms with Crippen molar-refractivity contribution in [1.29, 1.82) is 0 Å². The molecule has 2 aliphatic carbocycles. The molecule has 2 saturated carbocycles. The standard InChI is InChI=1S/C32H42N4O4/c33-32-34-28-17-16-27(40-26-14-8-3-9-15-26)20-24(28)22-36(32)29(18-19-30(37)38)31(39)35(25-12-6-2-7-13-25)21-23-10-4-1-5-11-23/h3,8-9,14-17,20,23,25,29H,1-2,4-7,10-13,18-19,21-22H2,(H2,33,34)(H,37,38). The van der Waals surface area contributed by atoms with Crippen LogP contribution in [0, 0.1) is 5.92 Å². The van der Waals surface area contributed by atoms with E-state index in [-0.39, 0.29) is 30.8 Å². The van der Waals surface area contributed by atoms with Gasteiger partial charge in [0, 0.05) is 31.1 Å². The molecular weight excluding hydrogens is 504 g/mol. The molecule has 0 bridgehead atoms. The van der Waals surface area contributed by atoms with Crippen LogP contribution in [0.2, 0.25) is 0 Å². The summed E-state index contributed by atoms with van der Waals surface area (Å²) in [5.74, 6) is 1.26. The second-order valence-electron chi connectivity index (χ2n) is 11.5. The highest BCUT2D eigenvalue weighted by Gasteiger charge is 2.37. The number of carbonyl (C=O) groups excluding carboxylic acids is 1. The maximum Gasteiger partial charge on any atom is 0.303 e. The Morgan fingerprint density at radius 3 is 2.38 bits per heavy atom. The smallest absolute Gasteiger partial charge is 0.303 e. The predicted octanol–water partition coefficient (Wildman–Crippen LogP) is 6.22. The van der Waals surface area contributed by atoms with Crippen LogP contribution in [0.1, 0.15) is 82.6 Å². The summed E-state index contributed by atoms with van der Waals surface area (Å²) in [5, 5.41) is 9.57. The third-order valence-corrected chi connectivity index (χ3v) is 8.67. The zero-order chi connectivity index (χ0) is 27.9. The highest BCUT2D eigenvalue weighted by Crippen LogP contribution is 2.34. The molecule has 3 N–H and O–H groups in total. The minimum atomic E-state index is -0.916.